The monoisotopic (exact) mass is 292 g/mol. The van der Waals surface area contributed by atoms with Gasteiger partial charge in [-0.3, -0.25) is 0 Å². The number of unbranched alkanes of at least 4 members (excludes halogenated alkanes) is 1. The SMILES string of the molecule is CCCCC(CC)CNS(=O)(=O)C(C)CNCCC. The first-order valence-electron chi connectivity index (χ1n) is 7.67. The topological polar surface area (TPSA) is 58.2 Å². The molecule has 0 aliphatic heterocycles. The number of nitrogens with one attached hydrogen (secondary N) is 2. The minimum atomic E-state index is -3.18. The second kappa shape index (κ2) is 10.6. The molecule has 0 spiro atoms. The molecule has 0 bridgehead atoms. The standard InChI is InChI=1S/C14H32N2O2S/c1-5-8-9-14(7-3)12-16-19(17,18)13(4)11-15-10-6-2/h13-16H,5-12H2,1-4H3. The van der Waals surface area contributed by atoms with Crippen molar-refractivity contribution < 1.29 is 8.42 Å². The van der Waals surface area contributed by atoms with Gasteiger partial charge in [-0.1, -0.05) is 40.0 Å². The maximum absolute atomic E-state index is 12.1. The van der Waals surface area contributed by atoms with Gasteiger partial charge in [-0.25, -0.2) is 13.1 Å². The predicted octanol–water partition coefficient (Wildman–Crippen LogP) is 2.51. The molecular weight excluding hydrogens is 260 g/mol. The lowest BCUT2D eigenvalue weighted by atomic mass is 10.00. The molecule has 0 rings (SSSR count). The van der Waals surface area contributed by atoms with E-state index in [0.717, 1.165) is 25.8 Å². The Morgan fingerprint density at radius 2 is 1.74 bits per heavy atom. The van der Waals surface area contributed by atoms with E-state index in [9.17, 15) is 8.42 Å². The van der Waals surface area contributed by atoms with Crippen LogP contribution >= 0.6 is 0 Å². The summed E-state index contributed by atoms with van der Waals surface area (Å²) in [5.74, 6) is 0.463. The zero-order chi connectivity index (χ0) is 14.7. The van der Waals surface area contributed by atoms with Gasteiger partial charge in [0.05, 0.1) is 5.25 Å². The van der Waals surface area contributed by atoms with Crippen molar-refractivity contribution >= 4 is 10.0 Å². The fraction of sp³-hybridized carbons (Fsp3) is 1.00. The van der Waals surface area contributed by atoms with Crippen LogP contribution in [0.15, 0.2) is 0 Å². The van der Waals surface area contributed by atoms with Crippen LogP contribution in [0.4, 0.5) is 0 Å². The summed E-state index contributed by atoms with van der Waals surface area (Å²) < 4.78 is 26.9. The Kier molecular flexibility index (Phi) is 10.6. The molecule has 0 saturated heterocycles. The zero-order valence-electron chi connectivity index (χ0n) is 13.0. The molecule has 19 heavy (non-hydrogen) atoms. The first-order valence-corrected chi connectivity index (χ1v) is 9.21. The minimum absolute atomic E-state index is 0.372. The van der Waals surface area contributed by atoms with Gasteiger partial charge in [0.2, 0.25) is 10.0 Å². The van der Waals surface area contributed by atoms with E-state index < -0.39 is 10.0 Å². The molecule has 0 aliphatic carbocycles. The van der Waals surface area contributed by atoms with Crippen LogP contribution in [0.2, 0.25) is 0 Å². The quantitative estimate of drug-likeness (QED) is 0.543. The van der Waals surface area contributed by atoms with E-state index in [0.29, 0.717) is 19.0 Å². The average Bonchev–Trinajstić information content (AvgIpc) is 2.39. The molecule has 0 amide bonds. The van der Waals surface area contributed by atoms with E-state index in [1.165, 1.54) is 12.8 Å². The van der Waals surface area contributed by atoms with E-state index >= 15 is 0 Å². The molecule has 5 heteroatoms. The van der Waals surface area contributed by atoms with Crippen LogP contribution in [0, 0.1) is 5.92 Å². The third-order valence-electron chi connectivity index (χ3n) is 3.50. The summed E-state index contributed by atoms with van der Waals surface area (Å²) in [4.78, 5) is 0. The number of rotatable bonds is 12. The van der Waals surface area contributed by atoms with Gasteiger partial charge >= 0.3 is 0 Å². The van der Waals surface area contributed by atoms with Crippen molar-refractivity contribution in [2.75, 3.05) is 19.6 Å². The number of sulfonamides is 1. The van der Waals surface area contributed by atoms with Crippen LogP contribution in [0.5, 0.6) is 0 Å². The summed E-state index contributed by atoms with van der Waals surface area (Å²) >= 11 is 0. The van der Waals surface area contributed by atoms with E-state index in [1.54, 1.807) is 6.92 Å². The Balaban J connectivity index is 4.12. The molecular formula is C14H32N2O2S. The summed E-state index contributed by atoms with van der Waals surface area (Å²) in [6.07, 6.45) is 5.51. The lowest BCUT2D eigenvalue weighted by Crippen LogP contribution is -2.40. The Morgan fingerprint density at radius 1 is 1.05 bits per heavy atom. The van der Waals surface area contributed by atoms with E-state index in [1.807, 2.05) is 0 Å². The molecule has 116 valence electrons. The van der Waals surface area contributed by atoms with Crippen LogP contribution in [0.25, 0.3) is 0 Å². The molecule has 0 radical (unpaired) electrons. The summed E-state index contributed by atoms with van der Waals surface area (Å²) in [6, 6.07) is 0. The Labute approximate surface area is 119 Å². The highest BCUT2D eigenvalue weighted by Gasteiger charge is 2.20. The molecule has 2 unspecified atom stereocenters. The highest BCUT2D eigenvalue weighted by atomic mass is 32.2. The minimum Gasteiger partial charge on any atom is -0.315 e. The summed E-state index contributed by atoms with van der Waals surface area (Å²) in [7, 11) is -3.18. The average molecular weight is 292 g/mol. The fourth-order valence-electron chi connectivity index (χ4n) is 1.91. The van der Waals surface area contributed by atoms with Gasteiger partial charge in [0.1, 0.15) is 0 Å². The van der Waals surface area contributed by atoms with Crippen LogP contribution in [-0.2, 0) is 10.0 Å². The number of hydrogen-bond acceptors (Lipinski definition) is 3. The van der Waals surface area contributed by atoms with Crippen molar-refractivity contribution in [2.24, 2.45) is 5.92 Å². The lowest BCUT2D eigenvalue weighted by Gasteiger charge is -2.18. The number of hydrogen-bond donors (Lipinski definition) is 2. The van der Waals surface area contributed by atoms with Crippen molar-refractivity contribution in [3.05, 3.63) is 0 Å². The normalized spacial score (nSPS) is 15.4. The maximum Gasteiger partial charge on any atom is 0.215 e. The van der Waals surface area contributed by atoms with Crippen LogP contribution in [0.1, 0.15) is 59.8 Å². The highest BCUT2D eigenvalue weighted by molar-refractivity contribution is 7.90. The molecule has 0 heterocycles. The van der Waals surface area contributed by atoms with Gasteiger partial charge in [0, 0.05) is 13.1 Å². The molecule has 0 saturated carbocycles. The summed E-state index contributed by atoms with van der Waals surface area (Å²) in [5, 5.41) is 2.79. The molecule has 2 N–H and O–H groups in total. The Morgan fingerprint density at radius 3 is 2.26 bits per heavy atom. The van der Waals surface area contributed by atoms with Gasteiger partial charge in [-0.2, -0.15) is 0 Å². The molecule has 0 aromatic rings. The molecule has 2 atom stereocenters. The second-order valence-electron chi connectivity index (χ2n) is 5.32. The zero-order valence-corrected chi connectivity index (χ0v) is 13.9. The van der Waals surface area contributed by atoms with Crippen molar-refractivity contribution in [2.45, 2.75) is 65.0 Å². The molecule has 0 fully saturated rings. The summed E-state index contributed by atoms with van der Waals surface area (Å²) in [5.41, 5.74) is 0. The summed E-state index contributed by atoms with van der Waals surface area (Å²) in [6.45, 7) is 10.1. The molecule has 0 aliphatic rings. The van der Waals surface area contributed by atoms with Gasteiger partial charge in [0.15, 0.2) is 0 Å². The predicted molar refractivity (Wildman–Crippen MR) is 82.9 cm³/mol. The van der Waals surface area contributed by atoms with Crippen molar-refractivity contribution in [3.8, 4) is 0 Å². The van der Waals surface area contributed by atoms with Crippen LogP contribution in [0.3, 0.4) is 0 Å². The lowest BCUT2D eigenvalue weighted by molar-refractivity contribution is 0.442. The second-order valence-corrected chi connectivity index (χ2v) is 7.51. The third kappa shape index (κ3) is 8.60. The fourth-order valence-corrected chi connectivity index (χ4v) is 3.00. The maximum atomic E-state index is 12.1. The third-order valence-corrected chi connectivity index (χ3v) is 5.30. The first-order chi connectivity index (χ1) is 8.97. The largest absolute Gasteiger partial charge is 0.315 e. The van der Waals surface area contributed by atoms with Crippen molar-refractivity contribution in [3.63, 3.8) is 0 Å². The van der Waals surface area contributed by atoms with Crippen molar-refractivity contribution in [1.29, 1.82) is 0 Å². The van der Waals surface area contributed by atoms with Gasteiger partial charge < -0.3 is 5.32 Å². The van der Waals surface area contributed by atoms with Crippen LogP contribution in [-0.4, -0.2) is 33.3 Å². The van der Waals surface area contributed by atoms with E-state index in [2.05, 4.69) is 30.8 Å². The van der Waals surface area contributed by atoms with Crippen LogP contribution < -0.4 is 10.0 Å². The Bertz CT molecular complexity index is 305. The molecule has 4 nitrogen and oxygen atoms in total. The van der Waals surface area contributed by atoms with Gasteiger partial charge in [0.25, 0.3) is 0 Å². The molecule has 0 aromatic heterocycles. The van der Waals surface area contributed by atoms with Gasteiger partial charge in [-0.05, 0) is 32.2 Å². The smallest absolute Gasteiger partial charge is 0.215 e. The van der Waals surface area contributed by atoms with E-state index in [-0.39, 0.29) is 5.25 Å². The molecule has 0 aromatic carbocycles. The highest BCUT2D eigenvalue weighted by Crippen LogP contribution is 2.12. The Hall–Kier alpha value is -0.130. The van der Waals surface area contributed by atoms with Gasteiger partial charge in [-0.15, -0.1) is 0 Å². The van der Waals surface area contributed by atoms with Crippen molar-refractivity contribution in [1.82, 2.24) is 10.0 Å². The van der Waals surface area contributed by atoms with E-state index in [4.69, 9.17) is 0 Å². The first kappa shape index (κ1) is 18.9.